The lowest BCUT2D eigenvalue weighted by atomic mass is 10.1. The van der Waals surface area contributed by atoms with Gasteiger partial charge < -0.3 is 5.32 Å². The van der Waals surface area contributed by atoms with E-state index in [9.17, 15) is 9.18 Å². The molecule has 3 rings (SSSR count). The number of amidine groups is 1. The van der Waals surface area contributed by atoms with Crippen LogP contribution >= 0.6 is 0 Å². The minimum atomic E-state index is -0.269. The second kappa shape index (κ2) is 8.52. The van der Waals surface area contributed by atoms with E-state index in [0.717, 1.165) is 22.2 Å². The smallest absolute Gasteiger partial charge is 0.252 e. The van der Waals surface area contributed by atoms with Crippen LogP contribution in [0.25, 0.3) is 17.1 Å². The van der Waals surface area contributed by atoms with Gasteiger partial charge in [0.25, 0.3) is 5.91 Å². The van der Waals surface area contributed by atoms with Gasteiger partial charge in [-0.25, -0.2) is 9.37 Å². The van der Waals surface area contributed by atoms with Crippen molar-refractivity contribution in [3.8, 4) is 0 Å². The van der Waals surface area contributed by atoms with Gasteiger partial charge in [-0.15, -0.1) is 0 Å². The monoisotopic (exact) mass is 376 g/mol. The number of hydrogen-bond acceptors (Lipinski definition) is 4. The number of carbonyl (C=O) groups is 1. The number of benzene rings is 1. The summed E-state index contributed by atoms with van der Waals surface area (Å²) in [4.78, 5) is 25.5. The molecule has 0 bridgehead atoms. The number of hydrogen-bond donors (Lipinski definition) is 1. The highest BCUT2D eigenvalue weighted by Crippen LogP contribution is 2.13. The number of nitrogens with one attached hydrogen (secondary N) is 1. The van der Waals surface area contributed by atoms with Crippen molar-refractivity contribution in [2.45, 2.75) is 27.3 Å². The van der Waals surface area contributed by atoms with Gasteiger partial charge in [-0.05, 0) is 74.4 Å². The molecular formula is C22H21FN4O. The highest BCUT2D eigenvalue weighted by atomic mass is 19.1. The van der Waals surface area contributed by atoms with E-state index in [-0.39, 0.29) is 11.7 Å². The van der Waals surface area contributed by atoms with Crippen LogP contribution in [0.4, 0.5) is 4.39 Å². The van der Waals surface area contributed by atoms with Crippen LogP contribution in [0.5, 0.6) is 0 Å². The summed E-state index contributed by atoms with van der Waals surface area (Å²) in [6, 6.07) is 12.0. The van der Waals surface area contributed by atoms with Gasteiger partial charge >= 0.3 is 0 Å². The summed E-state index contributed by atoms with van der Waals surface area (Å²) in [5.74, 6) is -0.0172. The Morgan fingerprint density at radius 2 is 2.00 bits per heavy atom. The Balaban J connectivity index is 1.67. The molecule has 0 spiro atoms. The second-order valence-corrected chi connectivity index (χ2v) is 6.53. The topological polar surface area (TPSA) is 67.2 Å². The van der Waals surface area contributed by atoms with E-state index in [4.69, 9.17) is 0 Å². The third-order valence-electron chi connectivity index (χ3n) is 4.29. The van der Waals surface area contributed by atoms with Crippen molar-refractivity contribution in [1.29, 1.82) is 0 Å². The highest BCUT2D eigenvalue weighted by Gasteiger charge is 2.07. The van der Waals surface area contributed by atoms with Crippen molar-refractivity contribution in [3.63, 3.8) is 0 Å². The van der Waals surface area contributed by atoms with Crippen molar-refractivity contribution < 1.29 is 9.18 Å². The summed E-state index contributed by atoms with van der Waals surface area (Å²) < 4.78 is 13.2. The molecule has 2 aromatic heterocycles. The maximum absolute atomic E-state index is 13.2. The number of nitrogens with zero attached hydrogens (tertiary/aromatic N) is 3. The first-order valence-electron chi connectivity index (χ1n) is 8.90. The Morgan fingerprint density at radius 3 is 2.79 bits per heavy atom. The Morgan fingerprint density at radius 1 is 1.18 bits per heavy atom. The molecule has 0 aliphatic heterocycles. The van der Waals surface area contributed by atoms with Gasteiger partial charge in [0, 0.05) is 11.8 Å². The predicted octanol–water partition coefficient (Wildman–Crippen LogP) is 4.22. The summed E-state index contributed by atoms with van der Waals surface area (Å²) in [7, 11) is 0. The van der Waals surface area contributed by atoms with Crippen molar-refractivity contribution in [2.75, 3.05) is 0 Å². The molecule has 1 N–H and O–H groups in total. The van der Waals surface area contributed by atoms with E-state index >= 15 is 0 Å². The zero-order valence-corrected chi connectivity index (χ0v) is 16.0. The minimum Gasteiger partial charge on any atom is -0.311 e. The fraction of sp³-hybridized carbons (Fsp3) is 0.182. The molecule has 0 radical (unpaired) electrons. The number of aromatic nitrogens is 2. The van der Waals surface area contributed by atoms with Crippen LogP contribution < -0.4 is 5.32 Å². The van der Waals surface area contributed by atoms with Crippen molar-refractivity contribution in [2.24, 2.45) is 4.99 Å². The average molecular weight is 376 g/mol. The van der Waals surface area contributed by atoms with E-state index in [1.165, 1.54) is 12.1 Å². The third-order valence-corrected chi connectivity index (χ3v) is 4.29. The highest BCUT2D eigenvalue weighted by molar-refractivity contribution is 6.07. The zero-order chi connectivity index (χ0) is 20.1. The molecule has 0 aliphatic rings. The predicted molar refractivity (Wildman–Crippen MR) is 109 cm³/mol. The summed E-state index contributed by atoms with van der Waals surface area (Å²) in [6.45, 7) is 5.66. The van der Waals surface area contributed by atoms with E-state index in [0.29, 0.717) is 23.6 Å². The van der Waals surface area contributed by atoms with Crippen molar-refractivity contribution in [1.82, 2.24) is 15.3 Å². The quantitative estimate of drug-likeness (QED) is 0.421. The normalized spacial score (nSPS) is 12.3. The summed E-state index contributed by atoms with van der Waals surface area (Å²) in [5, 5.41) is 2.77. The molecule has 142 valence electrons. The number of fused-ring (bicyclic) bond motifs is 1. The molecule has 0 saturated heterocycles. The molecule has 0 atom stereocenters. The standard InChI is InChI=1S/C22H21FN4O/c1-14-11-18(23)7-6-17(14)13-25-16(3)26-22(28)15(2)12-19-8-9-20-21(27-19)5-4-10-24-20/h4-12H,13H2,1-3H3,(H,25,26,28)/b15-12+. The Bertz CT molecular complexity index is 1090. The number of rotatable bonds is 4. The lowest BCUT2D eigenvalue weighted by Gasteiger charge is -2.07. The third kappa shape index (κ3) is 4.85. The Hall–Kier alpha value is -3.41. The van der Waals surface area contributed by atoms with Gasteiger partial charge in [0.15, 0.2) is 0 Å². The first-order valence-corrected chi connectivity index (χ1v) is 8.90. The number of aryl methyl sites for hydroxylation is 1. The van der Waals surface area contributed by atoms with Crippen LogP contribution in [0.3, 0.4) is 0 Å². The van der Waals surface area contributed by atoms with Gasteiger partial charge in [0.2, 0.25) is 0 Å². The maximum atomic E-state index is 13.2. The van der Waals surface area contributed by atoms with Crippen LogP contribution in [0, 0.1) is 12.7 Å². The van der Waals surface area contributed by atoms with Gasteiger partial charge in [-0.3, -0.25) is 14.8 Å². The SMILES string of the molecule is CC(=NCc1ccc(F)cc1C)NC(=O)/C(C)=C/c1ccc2ncccc2n1. The fourth-order valence-electron chi connectivity index (χ4n) is 2.68. The van der Waals surface area contributed by atoms with Crippen LogP contribution in [0.15, 0.2) is 59.2 Å². The van der Waals surface area contributed by atoms with E-state index < -0.39 is 0 Å². The second-order valence-electron chi connectivity index (χ2n) is 6.53. The summed E-state index contributed by atoms with van der Waals surface area (Å²) >= 11 is 0. The molecule has 3 aromatic rings. The maximum Gasteiger partial charge on any atom is 0.252 e. The van der Waals surface area contributed by atoms with E-state index in [2.05, 4.69) is 20.3 Å². The van der Waals surface area contributed by atoms with Gasteiger partial charge in [0.1, 0.15) is 11.7 Å². The van der Waals surface area contributed by atoms with Crippen LogP contribution in [-0.4, -0.2) is 21.7 Å². The molecule has 28 heavy (non-hydrogen) atoms. The lowest BCUT2D eigenvalue weighted by molar-refractivity contribution is -0.116. The van der Waals surface area contributed by atoms with Crippen LogP contribution in [-0.2, 0) is 11.3 Å². The molecule has 1 aromatic carbocycles. The largest absolute Gasteiger partial charge is 0.311 e. The lowest BCUT2D eigenvalue weighted by Crippen LogP contribution is -2.29. The van der Waals surface area contributed by atoms with Crippen LogP contribution in [0.2, 0.25) is 0 Å². The molecule has 1 amide bonds. The minimum absolute atomic E-state index is 0.245. The first kappa shape index (κ1) is 19.4. The van der Waals surface area contributed by atoms with Gasteiger partial charge in [-0.1, -0.05) is 6.07 Å². The Labute approximate surface area is 163 Å². The number of halogens is 1. The van der Waals surface area contributed by atoms with Crippen LogP contribution in [0.1, 0.15) is 30.7 Å². The number of aliphatic imine (C=N–C) groups is 1. The number of carbonyl (C=O) groups excluding carboxylic acids is 1. The van der Waals surface area contributed by atoms with E-state index in [1.54, 1.807) is 32.2 Å². The first-order chi connectivity index (χ1) is 13.4. The number of pyridine rings is 2. The van der Waals surface area contributed by atoms with Crippen molar-refractivity contribution >= 4 is 28.9 Å². The molecule has 6 heteroatoms. The fourth-order valence-corrected chi connectivity index (χ4v) is 2.68. The Kier molecular flexibility index (Phi) is 5.89. The molecule has 0 aliphatic carbocycles. The van der Waals surface area contributed by atoms with E-state index in [1.807, 2.05) is 31.2 Å². The molecule has 2 heterocycles. The van der Waals surface area contributed by atoms with Gasteiger partial charge in [0.05, 0.1) is 23.3 Å². The summed E-state index contributed by atoms with van der Waals surface area (Å²) in [5.41, 5.74) is 4.53. The zero-order valence-electron chi connectivity index (χ0n) is 16.0. The molecule has 0 saturated carbocycles. The molecule has 0 fully saturated rings. The van der Waals surface area contributed by atoms with Crippen molar-refractivity contribution in [3.05, 3.63) is 76.9 Å². The molecular weight excluding hydrogens is 355 g/mol. The summed E-state index contributed by atoms with van der Waals surface area (Å²) in [6.07, 6.45) is 3.44. The molecule has 0 unspecified atom stereocenters. The molecule has 5 nitrogen and oxygen atoms in total. The van der Waals surface area contributed by atoms with Gasteiger partial charge in [-0.2, -0.15) is 0 Å². The average Bonchev–Trinajstić information content (AvgIpc) is 2.67. The number of amides is 1.